The Hall–Kier alpha value is -0.790. The van der Waals surface area contributed by atoms with Crippen molar-refractivity contribution < 1.29 is 9.90 Å². The highest BCUT2D eigenvalue weighted by Crippen LogP contribution is 2.43. The van der Waals surface area contributed by atoms with E-state index >= 15 is 0 Å². The maximum Gasteiger partial charge on any atom is 0.197 e. The first-order valence-electron chi connectivity index (χ1n) is 7.20. The van der Waals surface area contributed by atoms with Gasteiger partial charge in [0, 0.05) is 6.42 Å². The summed E-state index contributed by atoms with van der Waals surface area (Å²) in [6.07, 6.45) is 5.01. The molecule has 0 saturated carbocycles. The zero-order valence-corrected chi connectivity index (χ0v) is 12.5. The van der Waals surface area contributed by atoms with Crippen molar-refractivity contribution in [2.24, 2.45) is 17.3 Å². The van der Waals surface area contributed by atoms with E-state index in [9.17, 15) is 9.90 Å². The fourth-order valence-electron chi connectivity index (χ4n) is 2.78. The topological polar surface area (TPSA) is 37.3 Å². The lowest BCUT2D eigenvalue weighted by atomic mass is 9.80. The smallest absolute Gasteiger partial charge is 0.197 e. The third kappa shape index (κ3) is 3.86. The SMILES string of the molecule is CC(C)CCC[C@H](C)CC1=C(O)C(=O)CC1(C)C. The standard InChI is InChI=1S/C16H28O2/c1-11(2)7-6-8-12(3)9-13-15(18)14(17)10-16(13,4)5/h11-12,18H,6-10H2,1-5H3/t12-/m0/s1. The molecule has 1 rings (SSSR count). The van der Waals surface area contributed by atoms with Crippen LogP contribution in [0.3, 0.4) is 0 Å². The van der Waals surface area contributed by atoms with Crippen LogP contribution in [0.1, 0.15) is 66.7 Å². The van der Waals surface area contributed by atoms with Crippen LogP contribution in [0.2, 0.25) is 0 Å². The van der Waals surface area contributed by atoms with Gasteiger partial charge in [0.1, 0.15) is 0 Å². The van der Waals surface area contributed by atoms with E-state index in [1.807, 2.05) is 0 Å². The summed E-state index contributed by atoms with van der Waals surface area (Å²) in [5.41, 5.74) is 0.831. The van der Waals surface area contributed by atoms with E-state index in [-0.39, 0.29) is 17.0 Å². The molecule has 0 amide bonds. The molecule has 1 N–H and O–H groups in total. The average molecular weight is 252 g/mol. The van der Waals surface area contributed by atoms with Gasteiger partial charge >= 0.3 is 0 Å². The third-order valence-electron chi connectivity index (χ3n) is 4.00. The predicted molar refractivity (Wildman–Crippen MR) is 75.5 cm³/mol. The molecule has 0 fully saturated rings. The van der Waals surface area contributed by atoms with Gasteiger partial charge in [-0.15, -0.1) is 0 Å². The Bertz CT molecular complexity index is 337. The van der Waals surface area contributed by atoms with Crippen LogP contribution in [0, 0.1) is 17.3 Å². The van der Waals surface area contributed by atoms with Crippen molar-refractivity contribution in [3.8, 4) is 0 Å². The Kier molecular flexibility index (Phi) is 5.01. The van der Waals surface area contributed by atoms with Gasteiger partial charge in [0.25, 0.3) is 0 Å². The number of hydrogen-bond donors (Lipinski definition) is 1. The lowest BCUT2D eigenvalue weighted by Crippen LogP contribution is -2.13. The van der Waals surface area contributed by atoms with E-state index in [4.69, 9.17) is 0 Å². The monoisotopic (exact) mass is 252 g/mol. The molecule has 2 nitrogen and oxygen atoms in total. The minimum atomic E-state index is -0.145. The molecular weight excluding hydrogens is 224 g/mol. The number of hydrogen-bond acceptors (Lipinski definition) is 2. The number of carbonyl (C=O) groups excluding carboxylic acids is 1. The molecule has 0 unspecified atom stereocenters. The Morgan fingerprint density at radius 3 is 2.28 bits per heavy atom. The van der Waals surface area contributed by atoms with Crippen LogP contribution in [0.25, 0.3) is 0 Å². The number of rotatable bonds is 6. The van der Waals surface area contributed by atoms with Gasteiger partial charge in [-0.1, -0.05) is 53.9 Å². The van der Waals surface area contributed by atoms with E-state index in [0.29, 0.717) is 12.3 Å². The van der Waals surface area contributed by atoms with Gasteiger partial charge in [-0.05, 0) is 29.2 Å². The molecule has 0 aromatic carbocycles. The lowest BCUT2D eigenvalue weighted by molar-refractivity contribution is -0.117. The van der Waals surface area contributed by atoms with E-state index in [1.165, 1.54) is 19.3 Å². The number of ketones is 1. The maximum atomic E-state index is 11.6. The highest BCUT2D eigenvalue weighted by Gasteiger charge is 2.38. The van der Waals surface area contributed by atoms with Crippen molar-refractivity contribution in [1.82, 2.24) is 0 Å². The van der Waals surface area contributed by atoms with Crippen molar-refractivity contribution >= 4 is 5.78 Å². The fraction of sp³-hybridized carbons (Fsp3) is 0.812. The molecule has 0 aromatic heterocycles. The van der Waals surface area contributed by atoms with Crippen molar-refractivity contribution in [3.63, 3.8) is 0 Å². The second-order valence-corrected chi connectivity index (χ2v) is 6.95. The van der Waals surface area contributed by atoms with Gasteiger partial charge in [0.05, 0.1) is 0 Å². The molecule has 0 aliphatic heterocycles. The average Bonchev–Trinajstić information content (AvgIpc) is 2.40. The maximum absolute atomic E-state index is 11.6. The Balaban J connectivity index is 2.53. The van der Waals surface area contributed by atoms with Crippen molar-refractivity contribution in [1.29, 1.82) is 0 Å². The number of aliphatic hydroxyl groups is 1. The first-order chi connectivity index (χ1) is 8.24. The van der Waals surface area contributed by atoms with Crippen LogP contribution in [-0.2, 0) is 4.79 Å². The van der Waals surface area contributed by atoms with Crippen LogP contribution >= 0.6 is 0 Å². The number of aliphatic hydroxyl groups excluding tert-OH is 1. The molecule has 1 atom stereocenters. The first-order valence-corrected chi connectivity index (χ1v) is 7.20. The second-order valence-electron chi connectivity index (χ2n) is 6.95. The van der Waals surface area contributed by atoms with Crippen LogP contribution in [0.4, 0.5) is 0 Å². The largest absolute Gasteiger partial charge is 0.504 e. The highest BCUT2D eigenvalue weighted by molar-refractivity contribution is 5.97. The molecule has 1 aliphatic carbocycles. The summed E-state index contributed by atoms with van der Waals surface area (Å²) in [6.45, 7) is 10.8. The zero-order chi connectivity index (χ0) is 13.9. The number of allylic oxidation sites excluding steroid dienone is 2. The van der Waals surface area contributed by atoms with E-state index in [0.717, 1.165) is 17.9 Å². The van der Waals surface area contributed by atoms with Gasteiger partial charge in [-0.25, -0.2) is 0 Å². The first kappa shape index (κ1) is 15.3. The summed E-state index contributed by atoms with van der Waals surface area (Å²) < 4.78 is 0. The van der Waals surface area contributed by atoms with Gasteiger partial charge in [-0.2, -0.15) is 0 Å². The van der Waals surface area contributed by atoms with Gasteiger partial charge in [-0.3, -0.25) is 4.79 Å². The molecule has 2 heteroatoms. The minimum Gasteiger partial charge on any atom is -0.504 e. The Morgan fingerprint density at radius 2 is 1.83 bits per heavy atom. The molecule has 0 saturated heterocycles. The molecule has 0 bridgehead atoms. The minimum absolute atomic E-state index is 0.0516. The summed E-state index contributed by atoms with van der Waals surface area (Å²) in [7, 11) is 0. The summed E-state index contributed by atoms with van der Waals surface area (Å²) in [6, 6.07) is 0. The van der Waals surface area contributed by atoms with Crippen LogP contribution < -0.4 is 0 Å². The molecule has 18 heavy (non-hydrogen) atoms. The van der Waals surface area contributed by atoms with Crippen LogP contribution in [0.15, 0.2) is 11.3 Å². The van der Waals surface area contributed by atoms with Crippen molar-refractivity contribution in [2.75, 3.05) is 0 Å². The summed E-state index contributed by atoms with van der Waals surface area (Å²) in [5.74, 6) is 1.28. The molecule has 104 valence electrons. The summed E-state index contributed by atoms with van der Waals surface area (Å²) in [4.78, 5) is 11.6. The Morgan fingerprint density at radius 1 is 1.22 bits per heavy atom. The molecule has 1 aliphatic rings. The van der Waals surface area contributed by atoms with Crippen molar-refractivity contribution in [3.05, 3.63) is 11.3 Å². The van der Waals surface area contributed by atoms with E-state index in [2.05, 4.69) is 34.6 Å². The van der Waals surface area contributed by atoms with Crippen molar-refractivity contribution in [2.45, 2.75) is 66.7 Å². The molecule has 0 aromatic rings. The van der Waals surface area contributed by atoms with Crippen LogP contribution in [0.5, 0.6) is 0 Å². The zero-order valence-electron chi connectivity index (χ0n) is 12.5. The predicted octanol–water partition coefficient (Wildman–Crippen LogP) is 4.65. The number of Topliss-reactive ketones (excluding diaryl/α,β-unsaturated/α-hetero) is 1. The molecule has 0 heterocycles. The number of carbonyl (C=O) groups is 1. The molecule has 0 spiro atoms. The van der Waals surface area contributed by atoms with Gasteiger partial charge < -0.3 is 5.11 Å². The quantitative estimate of drug-likeness (QED) is 0.747. The third-order valence-corrected chi connectivity index (χ3v) is 4.00. The summed E-state index contributed by atoms with van der Waals surface area (Å²) in [5, 5.41) is 9.89. The van der Waals surface area contributed by atoms with E-state index < -0.39 is 0 Å². The van der Waals surface area contributed by atoms with Crippen LogP contribution in [-0.4, -0.2) is 10.9 Å². The molecular formula is C16H28O2. The second kappa shape index (κ2) is 5.90. The highest BCUT2D eigenvalue weighted by atomic mass is 16.3. The summed E-state index contributed by atoms with van der Waals surface area (Å²) >= 11 is 0. The van der Waals surface area contributed by atoms with Gasteiger partial charge in [0.15, 0.2) is 11.5 Å². The normalized spacial score (nSPS) is 20.9. The Labute approximate surface area is 111 Å². The lowest BCUT2D eigenvalue weighted by Gasteiger charge is -2.23. The van der Waals surface area contributed by atoms with Gasteiger partial charge in [0.2, 0.25) is 0 Å². The van der Waals surface area contributed by atoms with E-state index in [1.54, 1.807) is 0 Å². The molecule has 0 radical (unpaired) electrons. The fourth-order valence-corrected chi connectivity index (χ4v) is 2.78.